The number of anilines is 1. The zero-order chi connectivity index (χ0) is 19.1. The van der Waals surface area contributed by atoms with Gasteiger partial charge in [-0.3, -0.25) is 9.89 Å². The molecule has 144 valence electrons. The normalized spacial score (nSPS) is 28.3. The third-order valence-corrected chi connectivity index (χ3v) is 5.98. The number of hydrogen-bond acceptors (Lipinski definition) is 5. The van der Waals surface area contributed by atoms with Crippen LogP contribution in [0.15, 0.2) is 30.5 Å². The van der Waals surface area contributed by atoms with E-state index < -0.39 is 5.60 Å². The standard InChI is InChI=1S/C20H26N4O3/c1-14(2)27-16-5-3-15(4-6-16)24-12-11-19(18(24)25)7-9-20(26,10-8-19)17-13-21-23-22-17/h3-6,13-14,26H,7-12H2,1-2H3,(H,21,22,23)/t19-,20+. The largest absolute Gasteiger partial charge is 0.491 e. The van der Waals surface area contributed by atoms with Crippen molar-refractivity contribution < 1.29 is 14.6 Å². The molecule has 0 atom stereocenters. The van der Waals surface area contributed by atoms with Crippen LogP contribution < -0.4 is 9.64 Å². The van der Waals surface area contributed by atoms with E-state index in [-0.39, 0.29) is 17.4 Å². The molecule has 7 heteroatoms. The summed E-state index contributed by atoms with van der Waals surface area (Å²) >= 11 is 0. The molecule has 4 rings (SSSR count). The van der Waals surface area contributed by atoms with Crippen LogP contribution in [0.2, 0.25) is 0 Å². The van der Waals surface area contributed by atoms with Crippen molar-refractivity contribution in [2.45, 2.75) is 57.7 Å². The average molecular weight is 370 g/mol. The van der Waals surface area contributed by atoms with Crippen LogP contribution in [0.3, 0.4) is 0 Å². The third-order valence-electron chi connectivity index (χ3n) is 5.98. The van der Waals surface area contributed by atoms with Gasteiger partial charge in [-0.05, 0) is 70.2 Å². The SMILES string of the molecule is CC(C)Oc1ccc(N2CC[C@]3(CC[C@@](O)(c4cnn[nH]4)CC3)C2=O)cc1. The van der Waals surface area contributed by atoms with Gasteiger partial charge < -0.3 is 14.7 Å². The number of carbonyl (C=O) groups is 1. The van der Waals surface area contributed by atoms with Crippen LogP contribution >= 0.6 is 0 Å². The van der Waals surface area contributed by atoms with E-state index in [0.29, 0.717) is 37.9 Å². The zero-order valence-corrected chi connectivity index (χ0v) is 15.8. The fourth-order valence-corrected chi connectivity index (χ4v) is 4.34. The second-order valence-corrected chi connectivity index (χ2v) is 8.05. The van der Waals surface area contributed by atoms with Crippen molar-refractivity contribution in [1.82, 2.24) is 15.4 Å². The van der Waals surface area contributed by atoms with Crippen molar-refractivity contribution in [2.75, 3.05) is 11.4 Å². The van der Waals surface area contributed by atoms with Crippen molar-refractivity contribution in [3.63, 3.8) is 0 Å². The average Bonchev–Trinajstić information content (AvgIpc) is 3.29. The molecule has 0 unspecified atom stereocenters. The Labute approximate surface area is 158 Å². The lowest BCUT2D eigenvalue weighted by atomic mass is 9.67. The van der Waals surface area contributed by atoms with Gasteiger partial charge in [0.15, 0.2) is 0 Å². The van der Waals surface area contributed by atoms with Crippen molar-refractivity contribution in [3.05, 3.63) is 36.2 Å². The number of hydrogen-bond donors (Lipinski definition) is 2. The molecule has 1 aliphatic heterocycles. The molecule has 1 saturated heterocycles. The van der Waals surface area contributed by atoms with E-state index in [4.69, 9.17) is 4.74 Å². The summed E-state index contributed by atoms with van der Waals surface area (Å²) < 4.78 is 5.68. The zero-order valence-electron chi connectivity index (χ0n) is 15.8. The van der Waals surface area contributed by atoms with E-state index in [2.05, 4.69) is 15.4 Å². The number of ether oxygens (including phenoxy) is 1. The molecule has 1 aromatic heterocycles. The van der Waals surface area contributed by atoms with Gasteiger partial charge in [0.2, 0.25) is 5.91 Å². The number of H-pyrrole nitrogens is 1. The van der Waals surface area contributed by atoms with Gasteiger partial charge in [-0.15, -0.1) is 5.10 Å². The Kier molecular flexibility index (Phi) is 4.42. The molecule has 1 spiro atoms. The summed E-state index contributed by atoms with van der Waals surface area (Å²) in [7, 11) is 0. The van der Waals surface area contributed by atoms with Gasteiger partial charge in [0, 0.05) is 12.2 Å². The van der Waals surface area contributed by atoms with Crippen LogP contribution in [0, 0.1) is 5.41 Å². The summed E-state index contributed by atoms with van der Waals surface area (Å²) in [5.41, 5.74) is 0.220. The van der Waals surface area contributed by atoms with E-state index in [1.165, 1.54) is 0 Å². The van der Waals surface area contributed by atoms with Crippen LogP contribution in [-0.4, -0.2) is 39.1 Å². The van der Waals surface area contributed by atoms with Gasteiger partial charge in [-0.1, -0.05) is 5.21 Å². The fourth-order valence-electron chi connectivity index (χ4n) is 4.34. The topological polar surface area (TPSA) is 91.3 Å². The summed E-state index contributed by atoms with van der Waals surface area (Å²) in [6.07, 6.45) is 4.95. The van der Waals surface area contributed by atoms with Crippen LogP contribution in [0.25, 0.3) is 0 Å². The van der Waals surface area contributed by atoms with Gasteiger partial charge in [-0.2, -0.15) is 0 Å². The number of nitrogens with one attached hydrogen (secondary N) is 1. The number of aromatic nitrogens is 3. The van der Waals surface area contributed by atoms with Gasteiger partial charge >= 0.3 is 0 Å². The monoisotopic (exact) mass is 370 g/mol. The molecular formula is C20H26N4O3. The Morgan fingerprint density at radius 2 is 1.85 bits per heavy atom. The van der Waals surface area contributed by atoms with Crippen LogP contribution in [0.4, 0.5) is 5.69 Å². The van der Waals surface area contributed by atoms with E-state index in [1.807, 2.05) is 43.0 Å². The number of amides is 1. The Balaban J connectivity index is 1.46. The highest BCUT2D eigenvalue weighted by Gasteiger charge is 2.52. The number of benzene rings is 1. The summed E-state index contributed by atoms with van der Waals surface area (Å²) in [5.74, 6) is 0.982. The smallest absolute Gasteiger partial charge is 0.233 e. The second kappa shape index (κ2) is 6.64. The third kappa shape index (κ3) is 3.20. The summed E-state index contributed by atoms with van der Waals surface area (Å²) in [6, 6.07) is 7.73. The number of nitrogens with zero attached hydrogens (tertiary/aromatic N) is 3. The quantitative estimate of drug-likeness (QED) is 0.863. The summed E-state index contributed by atoms with van der Waals surface area (Å²) in [6.45, 7) is 4.70. The summed E-state index contributed by atoms with van der Waals surface area (Å²) in [5, 5.41) is 21.1. The van der Waals surface area contributed by atoms with E-state index in [9.17, 15) is 9.90 Å². The Bertz CT molecular complexity index is 793. The first-order chi connectivity index (χ1) is 12.9. The lowest BCUT2D eigenvalue weighted by molar-refractivity contribution is -0.131. The molecule has 2 aliphatic rings. The Morgan fingerprint density at radius 3 is 2.44 bits per heavy atom. The Hall–Kier alpha value is -2.41. The van der Waals surface area contributed by atoms with Crippen molar-refractivity contribution >= 4 is 11.6 Å². The number of aromatic amines is 1. The minimum Gasteiger partial charge on any atom is -0.491 e. The first-order valence-corrected chi connectivity index (χ1v) is 9.60. The maximum Gasteiger partial charge on any atom is 0.233 e. The lowest BCUT2D eigenvalue weighted by Crippen LogP contribution is -2.42. The summed E-state index contributed by atoms with van der Waals surface area (Å²) in [4.78, 5) is 15.1. The molecule has 1 aromatic carbocycles. The Morgan fingerprint density at radius 1 is 1.15 bits per heavy atom. The number of rotatable bonds is 4. The van der Waals surface area contributed by atoms with Crippen molar-refractivity contribution in [1.29, 1.82) is 0 Å². The van der Waals surface area contributed by atoms with Crippen molar-refractivity contribution in [3.8, 4) is 5.75 Å². The lowest BCUT2D eigenvalue weighted by Gasteiger charge is -2.40. The molecule has 2 heterocycles. The maximum atomic E-state index is 13.2. The highest BCUT2D eigenvalue weighted by Crippen LogP contribution is 2.50. The maximum absolute atomic E-state index is 13.2. The second-order valence-electron chi connectivity index (χ2n) is 8.05. The molecule has 1 aliphatic carbocycles. The molecule has 2 fully saturated rings. The van der Waals surface area contributed by atoms with Gasteiger partial charge in [0.1, 0.15) is 11.4 Å². The molecule has 1 amide bonds. The van der Waals surface area contributed by atoms with Crippen LogP contribution in [-0.2, 0) is 10.4 Å². The van der Waals surface area contributed by atoms with Crippen LogP contribution in [0.1, 0.15) is 51.6 Å². The van der Waals surface area contributed by atoms with E-state index >= 15 is 0 Å². The predicted molar refractivity (Wildman–Crippen MR) is 100 cm³/mol. The molecule has 27 heavy (non-hydrogen) atoms. The molecule has 2 N–H and O–H groups in total. The molecule has 2 aromatic rings. The molecule has 0 radical (unpaired) electrons. The minimum atomic E-state index is -0.960. The van der Waals surface area contributed by atoms with Gasteiger partial charge in [0.05, 0.1) is 23.4 Å². The predicted octanol–water partition coefficient (Wildman–Crippen LogP) is 2.78. The molecule has 7 nitrogen and oxygen atoms in total. The molecular weight excluding hydrogens is 344 g/mol. The minimum absolute atomic E-state index is 0.124. The highest BCUT2D eigenvalue weighted by molar-refractivity contribution is 6.00. The van der Waals surface area contributed by atoms with Crippen molar-refractivity contribution in [2.24, 2.45) is 5.41 Å². The van der Waals surface area contributed by atoms with E-state index in [0.717, 1.165) is 17.9 Å². The number of aliphatic hydroxyl groups is 1. The van der Waals surface area contributed by atoms with E-state index in [1.54, 1.807) is 6.20 Å². The fraction of sp³-hybridized carbons (Fsp3) is 0.550. The molecule has 1 saturated carbocycles. The highest BCUT2D eigenvalue weighted by atomic mass is 16.5. The first kappa shape index (κ1) is 18.0. The number of carbonyl (C=O) groups excluding carboxylic acids is 1. The first-order valence-electron chi connectivity index (χ1n) is 9.60. The van der Waals surface area contributed by atoms with Gasteiger partial charge in [-0.25, -0.2) is 0 Å². The van der Waals surface area contributed by atoms with Crippen LogP contribution in [0.5, 0.6) is 5.75 Å². The van der Waals surface area contributed by atoms with Gasteiger partial charge in [0.25, 0.3) is 0 Å². The molecule has 0 bridgehead atoms.